The van der Waals surface area contributed by atoms with Crippen molar-refractivity contribution in [2.45, 2.75) is 44.6 Å². The fourth-order valence-electron chi connectivity index (χ4n) is 2.62. The zero-order chi connectivity index (χ0) is 14.6. The first-order chi connectivity index (χ1) is 9.54. The summed E-state index contributed by atoms with van der Waals surface area (Å²) < 4.78 is 0. The third kappa shape index (κ3) is 3.64. The van der Waals surface area contributed by atoms with Crippen LogP contribution in [-0.4, -0.2) is 23.3 Å². The second kappa shape index (κ2) is 6.46. The van der Waals surface area contributed by atoms with Crippen LogP contribution >= 0.6 is 11.6 Å². The molecule has 0 aliphatic heterocycles. The number of nitrogens with one attached hydrogen (secondary N) is 2. The van der Waals surface area contributed by atoms with Crippen LogP contribution in [-0.2, 0) is 0 Å². The molecule has 5 heteroatoms. The van der Waals surface area contributed by atoms with Gasteiger partial charge in [0.2, 0.25) is 0 Å². The summed E-state index contributed by atoms with van der Waals surface area (Å²) in [5.74, 6) is 0. The Bertz CT molecular complexity index is 485. The minimum Gasteiger partial charge on any atom is -0.394 e. The fourth-order valence-corrected chi connectivity index (χ4v) is 2.81. The Morgan fingerprint density at radius 1 is 1.35 bits per heavy atom. The van der Waals surface area contributed by atoms with Gasteiger partial charge in [-0.15, -0.1) is 0 Å². The average Bonchev–Trinajstić information content (AvgIpc) is 2.44. The van der Waals surface area contributed by atoms with E-state index < -0.39 is 5.54 Å². The molecule has 0 saturated heterocycles. The summed E-state index contributed by atoms with van der Waals surface area (Å²) in [5, 5.41) is 15.9. The van der Waals surface area contributed by atoms with Crippen LogP contribution in [0.3, 0.4) is 0 Å². The van der Waals surface area contributed by atoms with Gasteiger partial charge in [0.1, 0.15) is 0 Å². The zero-order valence-corrected chi connectivity index (χ0v) is 12.5. The normalized spacial score (nSPS) is 17.6. The minimum atomic E-state index is -0.475. The van der Waals surface area contributed by atoms with E-state index in [1.165, 1.54) is 6.42 Å². The van der Waals surface area contributed by atoms with Gasteiger partial charge in [-0.3, -0.25) is 0 Å². The van der Waals surface area contributed by atoms with Crippen LogP contribution in [0.1, 0.15) is 37.7 Å². The zero-order valence-electron chi connectivity index (χ0n) is 11.7. The molecule has 1 aromatic carbocycles. The lowest BCUT2D eigenvalue weighted by Crippen LogP contribution is -2.53. The number of anilines is 1. The molecule has 0 spiro atoms. The number of aliphatic hydroxyl groups excluding tert-OH is 1. The van der Waals surface area contributed by atoms with E-state index in [0.717, 1.165) is 31.2 Å². The molecule has 1 fully saturated rings. The number of carbonyl (C=O) groups is 1. The quantitative estimate of drug-likeness (QED) is 0.800. The van der Waals surface area contributed by atoms with Crippen molar-refractivity contribution in [3.8, 4) is 0 Å². The van der Waals surface area contributed by atoms with Crippen molar-refractivity contribution in [1.82, 2.24) is 5.32 Å². The number of aliphatic hydroxyl groups is 1. The van der Waals surface area contributed by atoms with E-state index in [1.54, 1.807) is 6.07 Å². The Morgan fingerprint density at radius 2 is 2.05 bits per heavy atom. The van der Waals surface area contributed by atoms with E-state index in [2.05, 4.69) is 10.6 Å². The van der Waals surface area contributed by atoms with Crippen molar-refractivity contribution in [3.05, 3.63) is 28.8 Å². The van der Waals surface area contributed by atoms with Gasteiger partial charge in [0, 0.05) is 10.7 Å². The van der Waals surface area contributed by atoms with Crippen LogP contribution in [0.5, 0.6) is 0 Å². The molecule has 0 aromatic heterocycles. The molecule has 0 atom stereocenters. The molecular formula is C15H21ClN2O2. The molecule has 1 aromatic rings. The van der Waals surface area contributed by atoms with Gasteiger partial charge < -0.3 is 15.7 Å². The fraction of sp³-hybridized carbons (Fsp3) is 0.533. The second-order valence-corrected chi connectivity index (χ2v) is 5.95. The first kappa shape index (κ1) is 15.1. The van der Waals surface area contributed by atoms with Gasteiger partial charge in [-0.1, -0.05) is 36.9 Å². The first-order valence-electron chi connectivity index (χ1n) is 7.01. The number of hydrogen-bond donors (Lipinski definition) is 3. The number of benzene rings is 1. The van der Waals surface area contributed by atoms with Crippen LogP contribution in [0.4, 0.5) is 10.5 Å². The summed E-state index contributed by atoms with van der Waals surface area (Å²) in [7, 11) is 0. The highest BCUT2D eigenvalue weighted by atomic mass is 35.5. The maximum atomic E-state index is 12.1. The number of urea groups is 1. The first-order valence-corrected chi connectivity index (χ1v) is 7.39. The predicted molar refractivity (Wildman–Crippen MR) is 81.2 cm³/mol. The summed E-state index contributed by atoms with van der Waals surface area (Å²) in [6, 6.07) is 5.11. The molecular weight excluding hydrogens is 276 g/mol. The van der Waals surface area contributed by atoms with Gasteiger partial charge in [0.05, 0.1) is 12.1 Å². The van der Waals surface area contributed by atoms with E-state index in [1.807, 2.05) is 19.1 Å². The largest absolute Gasteiger partial charge is 0.394 e. The van der Waals surface area contributed by atoms with Crippen LogP contribution in [0, 0.1) is 6.92 Å². The highest BCUT2D eigenvalue weighted by Gasteiger charge is 2.32. The highest BCUT2D eigenvalue weighted by molar-refractivity contribution is 6.31. The maximum Gasteiger partial charge on any atom is 0.319 e. The van der Waals surface area contributed by atoms with Crippen LogP contribution in [0.25, 0.3) is 0 Å². The molecule has 1 saturated carbocycles. The van der Waals surface area contributed by atoms with Crippen LogP contribution < -0.4 is 10.6 Å². The Balaban J connectivity index is 1.98. The lowest BCUT2D eigenvalue weighted by Gasteiger charge is -2.36. The number of hydrogen-bond acceptors (Lipinski definition) is 2. The number of amides is 2. The predicted octanol–water partition coefficient (Wildman–Crippen LogP) is 3.47. The van der Waals surface area contributed by atoms with Gasteiger partial charge in [0.25, 0.3) is 0 Å². The van der Waals surface area contributed by atoms with E-state index >= 15 is 0 Å². The second-order valence-electron chi connectivity index (χ2n) is 5.54. The Hall–Kier alpha value is -1.26. The van der Waals surface area contributed by atoms with Crippen molar-refractivity contribution in [2.24, 2.45) is 0 Å². The lowest BCUT2D eigenvalue weighted by molar-refractivity contribution is 0.128. The van der Waals surface area contributed by atoms with Gasteiger partial charge in [0.15, 0.2) is 0 Å². The minimum absolute atomic E-state index is 0.0188. The van der Waals surface area contributed by atoms with E-state index in [4.69, 9.17) is 11.6 Å². The molecule has 0 radical (unpaired) electrons. The molecule has 1 aliphatic carbocycles. The molecule has 0 bridgehead atoms. The molecule has 110 valence electrons. The topological polar surface area (TPSA) is 61.4 Å². The molecule has 20 heavy (non-hydrogen) atoms. The van der Waals surface area contributed by atoms with Crippen molar-refractivity contribution < 1.29 is 9.90 Å². The molecule has 4 nitrogen and oxygen atoms in total. The van der Waals surface area contributed by atoms with E-state index in [0.29, 0.717) is 10.7 Å². The van der Waals surface area contributed by atoms with Gasteiger partial charge in [-0.25, -0.2) is 4.79 Å². The van der Waals surface area contributed by atoms with Crippen molar-refractivity contribution in [1.29, 1.82) is 0 Å². The molecule has 0 heterocycles. The number of carbonyl (C=O) groups excluding carboxylic acids is 1. The SMILES string of the molecule is Cc1ccc(NC(=O)NC2(CO)CCCCC2)cc1Cl. The van der Waals surface area contributed by atoms with Crippen molar-refractivity contribution in [3.63, 3.8) is 0 Å². The third-order valence-corrected chi connectivity index (χ3v) is 4.33. The van der Waals surface area contributed by atoms with Gasteiger partial charge in [-0.2, -0.15) is 0 Å². The number of rotatable bonds is 3. The summed E-state index contributed by atoms with van der Waals surface area (Å²) in [5.41, 5.74) is 1.15. The van der Waals surface area contributed by atoms with Crippen LogP contribution in [0.2, 0.25) is 5.02 Å². The van der Waals surface area contributed by atoms with E-state index in [9.17, 15) is 9.90 Å². The highest BCUT2D eigenvalue weighted by Crippen LogP contribution is 2.28. The molecule has 2 amide bonds. The third-order valence-electron chi connectivity index (χ3n) is 3.92. The van der Waals surface area contributed by atoms with Gasteiger partial charge in [-0.05, 0) is 37.5 Å². The monoisotopic (exact) mass is 296 g/mol. The lowest BCUT2D eigenvalue weighted by atomic mass is 9.82. The Labute approximate surface area is 124 Å². The summed E-state index contributed by atoms with van der Waals surface area (Å²) >= 11 is 6.03. The maximum absolute atomic E-state index is 12.1. The summed E-state index contributed by atoms with van der Waals surface area (Å²) in [6.07, 6.45) is 4.89. The number of halogens is 1. The van der Waals surface area contributed by atoms with Crippen molar-refractivity contribution in [2.75, 3.05) is 11.9 Å². The Morgan fingerprint density at radius 3 is 2.65 bits per heavy atom. The summed E-state index contributed by atoms with van der Waals surface area (Å²) in [4.78, 5) is 12.1. The summed E-state index contributed by atoms with van der Waals surface area (Å²) in [6.45, 7) is 1.89. The molecule has 3 N–H and O–H groups in total. The number of aryl methyl sites for hydroxylation is 1. The van der Waals surface area contributed by atoms with Crippen molar-refractivity contribution >= 4 is 23.3 Å². The Kier molecular flexibility index (Phi) is 4.89. The molecule has 0 unspecified atom stereocenters. The van der Waals surface area contributed by atoms with Gasteiger partial charge >= 0.3 is 6.03 Å². The molecule has 2 rings (SSSR count). The standard InChI is InChI=1S/C15H21ClN2O2/c1-11-5-6-12(9-13(11)16)17-14(20)18-15(10-19)7-3-2-4-8-15/h5-6,9,19H,2-4,7-8,10H2,1H3,(H2,17,18,20). The average molecular weight is 297 g/mol. The van der Waals surface area contributed by atoms with Crippen LogP contribution in [0.15, 0.2) is 18.2 Å². The molecule has 1 aliphatic rings. The smallest absolute Gasteiger partial charge is 0.319 e. The van der Waals surface area contributed by atoms with E-state index in [-0.39, 0.29) is 12.6 Å².